The molecule has 0 aliphatic carbocycles. The van der Waals surface area contributed by atoms with Gasteiger partial charge in [-0.15, -0.1) is 0 Å². The summed E-state index contributed by atoms with van der Waals surface area (Å²) in [6, 6.07) is 0. The lowest BCUT2D eigenvalue weighted by Crippen LogP contribution is -2.05. The summed E-state index contributed by atoms with van der Waals surface area (Å²) in [6.45, 7) is 7.46. The summed E-state index contributed by atoms with van der Waals surface area (Å²) in [6.07, 6.45) is 0.573. The number of nitrogens with zero attached hydrogens (tertiary/aromatic N) is 2. The standard InChI is InChI=1S/C13H16N2O4/c1-5-9-11(13(16)17-6-2)19-12(15-9)10-7(3)14-8(4)18-10/h5-6H2,1-4H3. The predicted octanol–water partition coefficient (Wildman–Crippen LogP) is 2.69. The summed E-state index contributed by atoms with van der Waals surface area (Å²) in [4.78, 5) is 20.2. The van der Waals surface area contributed by atoms with Crippen LogP contribution in [0.25, 0.3) is 11.7 Å². The minimum absolute atomic E-state index is 0.132. The summed E-state index contributed by atoms with van der Waals surface area (Å²) in [5, 5.41) is 0. The Bertz CT molecular complexity index is 598. The van der Waals surface area contributed by atoms with Gasteiger partial charge in [-0.3, -0.25) is 0 Å². The second kappa shape index (κ2) is 5.26. The van der Waals surface area contributed by atoms with Crippen molar-refractivity contribution in [1.82, 2.24) is 9.97 Å². The number of aromatic nitrogens is 2. The molecule has 6 heteroatoms. The molecule has 0 aromatic carbocycles. The van der Waals surface area contributed by atoms with E-state index >= 15 is 0 Å². The molecule has 102 valence electrons. The minimum Gasteiger partial charge on any atom is -0.460 e. The molecule has 2 aromatic rings. The van der Waals surface area contributed by atoms with Crippen LogP contribution in [0.5, 0.6) is 0 Å². The van der Waals surface area contributed by atoms with Crippen LogP contribution in [0.1, 0.15) is 41.7 Å². The molecule has 2 heterocycles. The number of carbonyl (C=O) groups is 1. The normalized spacial score (nSPS) is 10.7. The van der Waals surface area contributed by atoms with Crippen LogP contribution < -0.4 is 0 Å². The number of aryl methyl sites for hydroxylation is 3. The first-order valence-corrected chi connectivity index (χ1v) is 6.18. The van der Waals surface area contributed by atoms with Crippen molar-refractivity contribution >= 4 is 5.97 Å². The van der Waals surface area contributed by atoms with E-state index in [0.29, 0.717) is 36.1 Å². The van der Waals surface area contributed by atoms with Gasteiger partial charge in [0.25, 0.3) is 5.89 Å². The Labute approximate surface area is 110 Å². The van der Waals surface area contributed by atoms with E-state index in [0.717, 1.165) is 0 Å². The number of esters is 1. The maximum Gasteiger partial charge on any atom is 0.376 e. The first-order valence-electron chi connectivity index (χ1n) is 6.18. The smallest absolute Gasteiger partial charge is 0.376 e. The zero-order valence-electron chi connectivity index (χ0n) is 11.4. The number of hydrogen-bond acceptors (Lipinski definition) is 6. The third-order valence-electron chi connectivity index (χ3n) is 2.59. The van der Waals surface area contributed by atoms with Gasteiger partial charge < -0.3 is 13.6 Å². The van der Waals surface area contributed by atoms with Crippen LogP contribution in [0.4, 0.5) is 0 Å². The Morgan fingerprint density at radius 2 is 1.95 bits per heavy atom. The van der Waals surface area contributed by atoms with Crippen molar-refractivity contribution in [1.29, 1.82) is 0 Å². The van der Waals surface area contributed by atoms with E-state index in [1.807, 2.05) is 6.92 Å². The molecule has 0 bridgehead atoms. The van der Waals surface area contributed by atoms with E-state index < -0.39 is 5.97 Å². The lowest BCUT2D eigenvalue weighted by Gasteiger charge is -1.98. The fourth-order valence-corrected chi connectivity index (χ4v) is 1.77. The topological polar surface area (TPSA) is 78.4 Å². The van der Waals surface area contributed by atoms with Crippen LogP contribution in [0.3, 0.4) is 0 Å². The van der Waals surface area contributed by atoms with Gasteiger partial charge in [-0.05, 0) is 20.3 Å². The van der Waals surface area contributed by atoms with E-state index in [4.69, 9.17) is 13.6 Å². The highest BCUT2D eigenvalue weighted by atomic mass is 16.5. The molecule has 0 aliphatic heterocycles. The quantitative estimate of drug-likeness (QED) is 0.790. The molecule has 0 unspecified atom stereocenters. The zero-order chi connectivity index (χ0) is 14.0. The van der Waals surface area contributed by atoms with E-state index in [-0.39, 0.29) is 11.7 Å². The SMILES string of the molecule is CCOC(=O)c1oc(-c2oc(C)nc2C)nc1CC. The van der Waals surface area contributed by atoms with Crippen LogP contribution in [-0.4, -0.2) is 22.5 Å². The van der Waals surface area contributed by atoms with Gasteiger partial charge in [-0.2, -0.15) is 0 Å². The Kier molecular flexibility index (Phi) is 3.69. The molecule has 0 aliphatic rings. The van der Waals surface area contributed by atoms with Gasteiger partial charge in [-0.25, -0.2) is 14.8 Å². The number of carbonyl (C=O) groups excluding carboxylic acids is 1. The van der Waals surface area contributed by atoms with Crippen LogP contribution in [0.2, 0.25) is 0 Å². The molecule has 6 nitrogen and oxygen atoms in total. The molecule has 0 fully saturated rings. The Balaban J connectivity index is 2.44. The Morgan fingerprint density at radius 1 is 1.21 bits per heavy atom. The molecule has 0 radical (unpaired) electrons. The second-order valence-corrected chi connectivity index (χ2v) is 4.02. The highest BCUT2D eigenvalue weighted by Crippen LogP contribution is 2.26. The molecule has 0 atom stereocenters. The number of hydrogen-bond donors (Lipinski definition) is 0. The van der Waals surface area contributed by atoms with Crippen LogP contribution in [0.15, 0.2) is 8.83 Å². The summed E-state index contributed by atoms with van der Waals surface area (Å²) >= 11 is 0. The van der Waals surface area contributed by atoms with E-state index in [9.17, 15) is 4.79 Å². The average Bonchev–Trinajstić information content (AvgIpc) is 2.92. The molecule has 2 rings (SSSR count). The van der Waals surface area contributed by atoms with Gasteiger partial charge in [0.2, 0.25) is 11.5 Å². The average molecular weight is 264 g/mol. The third kappa shape index (κ3) is 2.52. The van der Waals surface area contributed by atoms with Gasteiger partial charge in [-0.1, -0.05) is 6.92 Å². The molecular weight excluding hydrogens is 248 g/mol. The second-order valence-electron chi connectivity index (χ2n) is 4.02. The monoisotopic (exact) mass is 264 g/mol. The largest absolute Gasteiger partial charge is 0.460 e. The highest BCUT2D eigenvalue weighted by molar-refractivity contribution is 5.88. The summed E-state index contributed by atoms with van der Waals surface area (Å²) in [5.74, 6) is 0.863. The predicted molar refractivity (Wildman–Crippen MR) is 66.8 cm³/mol. The molecule has 0 N–H and O–H groups in total. The molecule has 0 saturated heterocycles. The van der Waals surface area contributed by atoms with Crippen molar-refractivity contribution in [2.24, 2.45) is 0 Å². The van der Waals surface area contributed by atoms with Gasteiger partial charge >= 0.3 is 5.97 Å². The minimum atomic E-state index is -0.507. The van der Waals surface area contributed by atoms with Crippen molar-refractivity contribution in [2.45, 2.75) is 34.1 Å². The molecular formula is C13H16N2O4. The number of oxazole rings is 2. The molecule has 0 spiro atoms. The van der Waals surface area contributed by atoms with E-state index in [1.165, 1.54) is 0 Å². The van der Waals surface area contributed by atoms with Crippen molar-refractivity contribution < 1.29 is 18.4 Å². The summed E-state index contributed by atoms with van der Waals surface area (Å²) < 4.78 is 15.9. The van der Waals surface area contributed by atoms with Crippen LogP contribution >= 0.6 is 0 Å². The fraction of sp³-hybridized carbons (Fsp3) is 0.462. The zero-order valence-corrected chi connectivity index (χ0v) is 11.4. The lowest BCUT2D eigenvalue weighted by atomic mass is 10.3. The van der Waals surface area contributed by atoms with Crippen molar-refractivity contribution in [3.8, 4) is 11.7 Å². The lowest BCUT2D eigenvalue weighted by molar-refractivity contribution is 0.0489. The highest BCUT2D eigenvalue weighted by Gasteiger charge is 2.24. The molecule has 19 heavy (non-hydrogen) atoms. The molecule has 2 aromatic heterocycles. The van der Waals surface area contributed by atoms with E-state index in [2.05, 4.69) is 9.97 Å². The summed E-state index contributed by atoms with van der Waals surface area (Å²) in [7, 11) is 0. The van der Waals surface area contributed by atoms with Gasteiger partial charge in [0, 0.05) is 6.92 Å². The van der Waals surface area contributed by atoms with Gasteiger partial charge in [0.05, 0.1) is 18.0 Å². The number of ether oxygens (including phenoxy) is 1. The fourth-order valence-electron chi connectivity index (χ4n) is 1.77. The first kappa shape index (κ1) is 13.3. The van der Waals surface area contributed by atoms with E-state index in [1.54, 1.807) is 20.8 Å². The third-order valence-corrected chi connectivity index (χ3v) is 2.59. The van der Waals surface area contributed by atoms with Crippen molar-refractivity contribution in [2.75, 3.05) is 6.61 Å². The number of rotatable bonds is 4. The summed E-state index contributed by atoms with van der Waals surface area (Å²) in [5.41, 5.74) is 1.23. The Morgan fingerprint density at radius 3 is 2.47 bits per heavy atom. The molecule has 0 amide bonds. The van der Waals surface area contributed by atoms with Gasteiger partial charge in [0.1, 0.15) is 0 Å². The van der Waals surface area contributed by atoms with Gasteiger partial charge in [0.15, 0.2) is 5.89 Å². The van der Waals surface area contributed by atoms with Crippen molar-refractivity contribution in [3.63, 3.8) is 0 Å². The van der Waals surface area contributed by atoms with Crippen LogP contribution in [-0.2, 0) is 11.2 Å². The Hall–Kier alpha value is -2.11. The maximum atomic E-state index is 11.8. The first-order chi connectivity index (χ1) is 9.06. The maximum absolute atomic E-state index is 11.8. The van der Waals surface area contributed by atoms with Crippen molar-refractivity contribution in [3.05, 3.63) is 23.0 Å². The molecule has 0 saturated carbocycles. The van der Waals surface area contributed by atoms with Crippen LogP contribution in [0, 0.1) is 13.8 Å².